The highest BCUT2D eigenvalue weighted by Gasteiger charge is 2.28. The van der Waals surface area contributed by atoms with Gasteiger partial charge in [-0.2, -0.15) is 5.10 Å². The summed E-state index contributed by atoms with van der Waals surface area (Å²) in [5.74, 6) is 0.801. The predicted molar refractivity (Wildman–Crippen MR) is 106 cm³/mol. The van der Waals surface area contributed by atoms with Crippen molar-refractivity contribution >= 4 is 17.8 Å². The minimum atomic E-state index is -0.620. The molecule has 1 saturated heterocycles. The molecule has 1 aromatic rings. The Bertz CT molecular complexity index is 723. The fourth-order valence-corrected chi connectivity index (χ4v) is 3.61. The van der Waals surface area contributed by atoms with Crippen molar-refractivity contribution in [3.8, 4) is 0 Å². The molecule has 1 atom stereocenters. The summed E-state index contributed by atoms with van der Waals surface area (Å²) in [4.78, 5) is 28.5. The summed E-state index contributed by atoms with van der Waals surface area (Å²) in [7, 11) is 0. The highest BCUT2D eigenvalue weighted by Crippen LogP contribution is 2.23. The Morgan fingerprint density at radius 1 is 1.11 bits per heavy atom. The van der Waals surface area contributed by atoms with Crippen LogP contribution in [0.25, 0.3) is 0 Å². The smallest absolute Gasteiger partial charge is 0.408 e. The van der Waals surface area contributed by atoms with E-state index in [2.05, 4.69) is 26.5 Å². The number of fused-ring (bicyclic) bond motifs is 1. The van der Waals surface area contributed by atoms with E-state index in [-0.39, 0.29) is 5.91 Å². The third-order valence-electron chi connectivity index (χ3n) is 5.08. The third-order valence-corrected chi connectivity index (χ3v) is 5.08. The van der Waals surface area contributed by atoms with Crippen LogP contribution in [0.3, 0.4) is 0 Å². The summed E-state index contributed by atoms with van der Waals surface area (Å²) in [5.41, 5.74) is 1.85. The number of aromatic nitrogens is 2. The number of amides is 2. The van der Waals surface area contributed by atoms with Crippen molar-refractivity contribution in [3.05, 3.63) is 17.3 Å². The topological polar surface area (TPSA) is 87.7 Å². The molecule has 8 nitrogen and oxygen atoms in total. The van der Waals surface area contributed by atoms with Gasteiger partial charge >= 0.3 is 6.09 Å². The van der Waals surface area contributed by atoms with E-state index < -0.39 is 17.7 Å². The van der Waals surface area contributed by atoms with Crippen LogP contribution in [0.1, 0.15) is 51.8 Å². The maximum absolute atomic E-state index is 12.6. The lowest BCUT2D eigenvalue weighted by Gasteiger charge is -2.36. The first-order chi connectivity index (χ1) is 13.2. The van der Waals surface area contributed by atoms with E-state index in [1.54, 1.807) is 32.6 Å². The lowest BCUT2D eigenvalue weighted by atomic mass is 9.97. The average Bonchev–Trinajstić information content (AvgIpc) is 2.65. The summed E-state index contributed by atoms with van der Waals surface area (Å²) < 4.78 is 5.22. The Kier molecular flexibility index (Phi) is 6.05. The van der Waals surface area contributed by atoms with E-state index in [1.807, 2.05) is 0 Å². The van der Waals surface area contributed by atoms with Crippen molar-refractivity contribution in [2.75, 3.05) is 31.1 Å². The second kappa shape index (κ2) is 8.32. The molecule has 1 aliphatic heterocycles. The molecule has 1 aliphatic carbocycles. The molecule has 8 heteroatoms. The SMILES string of the molecule is CC(NC(=O)OC(C)(C)C)C(=O)N1CCN(c2cc3c(nn2)CCCC3)CC1. The van der Waals surface area contributed by atoms with Gasteiger partial charge in [-0.05, 0) is 65.0 Å². The van der Waals surface area contributed by atoms with Crippen LogP contribution in [0.5, 0.6) is 0 Å². The van der Waals surface area contributed by atoms with Crippen molar-refractivity contribution in [2.24, 2.45) is 0 Å². The largest absolute Gasteiger partial charge is 0.444 e. The monoisotopic (exact) mass is 389 g/mol. The van der Waals surface area contributed by atoms with Crippen LogP contribution in [-0.4, -0.2) is 64.9 Å². The number of carbonyl (C=O) groups is 2. The highest BCUT2D eigenvalue weighted by molar-refractivity contribution is 5.85. The van der Waals surface area contributed by atoms with E-state index in [0.29, 0.717) is 26.2 Å². The van der Waals surface area contributed by atoms with Crippen LogP contribution in [0, 0.1) is 0 Å². The van der Waals surface area contributed by atoms with Crippen LogP contribution >= 0.6 is 0 Å². The molecule has 1 unspecified atom stereocenters. The first-order valence-corrected chi connectivity index (χ1v) is 10.1. The van der Waals surface area contributed by atoms with Gasteiger partial charge < -0.3 is 19.9 Å². The molecule has 2 aliphatic rings. The van der Waals surface area contributed by atoms with Crippen LogP contribution < -0.4 is 10.2 Å². The van der Waals surface area contributed by atoms with Gasteiger partial charge in [-0.1, -0.05) is 0 Å². The molecule has 0 saturated carbocycles. The van der Waals surface area contributed by atoms with Crippen molar-refractivity contribution in [3.63, 3.8) is 0 Å². The summed E-state index contributed by atoms with van der Waals surface area (Å²) in [6.07, 6.45) is 3.93. The van der Waals surface area contributed by atoms with E-state index in [1.165, 1.54) is 18.4 Å². The van der Waals surface area contributed by atoms with Crippen LogP contribution in [-0.2, 0) is 22.4 Å². The Labute approximate surface area is 166 Å². The molecule has 1 fully saturated rings. The first kappa shape index (κ1) is 20.4. The number of aryl methyl sites for hydroxylation is 2. The molecule has 1 aromatic heterocycles. The second-order valence-corrected chi connectivity index (χ2v) is 8.56. The van der Waals surface area contributed by atoms with Crippen molar-refractivity contribution in [1.29, 1.82) is 0 Å². The molecule has 0 aromatic carbocycles. The number of nitrogens with zero attached hydrogens (tertiary/aromatic N) is 4. The first-order valence-electron chi connectivity index (χ1n) is 10.1. The number of rotatable bonds is 3. The van der Waals surface area contributed by atoms with Crippen molar-refractivity contribution < 1.29 is 14.3 Å². The van der Waals surface area contributed by atoms with Gasteiger partial charge in [-0.3, -0.25) is 4.79 Å². The van der Waals surface area contributed by atoms with Gasteiger partial charge in [-0.15, -0.1) is 5.10 Å². The number of nitrogens with one attached hydrogen (secondary N) is 1. The minimum absolute atomic E-state index is 0.0953. The Morgan fingerprint density at radius 3 is 2.46 bits per heavy atom. The van der Waals surface area contributed by atoms with Gasteiger partial charge in [0.1, 0.15) is 11.6 Å². The Morgan fingerprint density at radius 2 is 1.79 bits per heavy atom. The number of ether oxygens (including phenoxy) is 1. The molecule has 0 spiro atoms. The van der Waals surface area contributed by atoms with Gasteiger partial charge in [0.15, 0.2) is 5.82 Å². The minimum Gasteiger partial charge on any atom is -0.444 e. The summed E-state index contributed by atoms with van der Waals surface area (Å²) in [6.45, 7) is 9.67. The third kappa shape index (κ3) is 5.11. The Balaban J connectivity index is 1.52. The molecule has 154 valence electrons. The van der Waals surface area contributed by atoms with Gasteiger partial charge in [0.05, 0.1) is 5.69 Å². The number of hydrogen-bond donors (Lipinski definition) is 1. The number of piperazine rings is 1. The van der Waals surface area contributed by atoms with Crippen LogP contribution in [0.4, 0.5) is 10.6 Å². The van der Waals surface area contributed by atoms with Gasteiger partial charge in [0.25, 0.3) is 0 Å². The lowest BCUT2D eigenvalue weighted by Crippen LogP contribution is -2.54. The predicted octanol–water partition coefficient (Wildman–Crippen LogP) is 1.92. The summed E-state index contributed by atoms with van der Waals surface area (Å²) in [6, 6.07) is 1.54. The van der Waals surface area contributed by atoms with E-state index in [4.69, 9.17) is 4.74 Å². The molecule has 1 N–H and O–H groups in total. The fraction of sp³-hybridized carbons (Fsp3) is 0.700. The molecule has 0 bridgehead atoms. The zero-order valence-electron chi connectivity index (χ0n) is 17.3. The van der Waals surface area contributed by atoms with Crippen molar-refractivity contribution in [1.82, 2.24) is 20.4 Å². The van der Waals surface area contributed by atoms with Gasteiger partial charge in [0, 0.05) is 26.2 Å². The Hall–Kier alpha value is -2.38. The average molecular weight is 390 g/mol. The number of carbonyl (C=O) groups excluding carboxylic acids is 2. The van der Waals surface area contributed by atoms with Gasteiger partial charge in [0.2, 0.25) is 5.91 Å². The maximum atomic E-state index is 12.6. The standard InChI is InChI=1S/C20H31N5O3/c1-14(21-19(27)28-20(2,3)4)18(26)25-11-9-24(10-12-25)17-13-15-7-5-6-8-16(15)22-23-17/h13-14H,5-12H2,1-4H3,(H,21,27). The van der Waals surface area contributed by atoms with Gasteiger partial charge in [-0.25, -0.2) is 4.79 Å². The van der Waals surface area contributed by atoms with Crippen molar-refractivity contribution in [2.45, 2.75) is 65.0 Å². The van der Waals surface area contributed by atoms with Crippen LogP contribution in [0.2, 0.25) is 0 Å². The number of hydrogen-bond acceptors (Lipinski definition) is 6. The molecule has 2 amide bonds. The zero-order chi connectivity index (χ0) is 20.3. The molecule has 28 heavy (non-hydrogen) atoms. The lowest BCUT2D eigenvalue weighted by molar-refractivity contribution is -0.133. The molecular formula is C20H31N5O3. The zero-order valence-corrected chi connectivity index (χ0v) is 17.3. The second-order valence-electron chi connectivity index (χ2n) is 8.56. The number of anilines is 1. The summed E-state index contributed by atoms with van der Waals surface area (Å²) >= 11 is 0. The van der Waals surface area contributed by atoms with E-state index in [9.17, 15) is 9.59 Å². The van der Waals surface area contributed by atoms with E-state index in [0.717, 1.165) is 24.4 Å². The van der Waals surface area contributed by atoms with Crippen LogP contribution in [0.15, 0.2) is 6.07 Å². The number of alkyl carbamates (subject to hydrolysis) is 1. The highest BCUT2D eigenvalue weighted by atomic mass is 16.6. The summed E-state index contributed by atoms with van der Waals surface area (Å²) in [5, 5.41) is 11.4. The molecule has 0 radical (unpaired) electrons. The van der Waals surface area contributed by atoms with E-state index >= 15 is 0 Å². The normalized spacial score (nSPS) is 18.3. The fourth-order valence-electron chi connectivity index (χ4n) is 3.61. The maximum Gasteiger partial charge on any atom is 0.408 e. The molecule has 2 heterocycles. The molecule has 3 rings (SSSR count). The quantitative estimate of drug-likeness (QED) is 0.850. The molecular weight excluding hydrogens is 358 g/mol.